The number of halogens is 3. The number of amidine groups is 2. The number of rotatable bonds is 17. The van der Waals surface area contributed by atoms with Crippen LogP contribution in [0.15, 0.2) is 168 Å². The molecule has 1 N–H and O–H groups in total. The van der Waals surface area contributed by atoms with Gasteiger partial charge in [0.1, 0.15) is 22.7 Å². The van der Waals surface area contributed by atoms with Crippen LogP contribution in [0.4, 0.5) is 0 Å². The van der Waals surface area contributed by atoms with Gasteiger partial charge >= 0.3 is 0 Å². The minimum Gasteiger partial charge on any atom is -0.312 e. The highest BCUT2D eigenvalue weighted by molar-refractivity contribution is 14.1. The van der Waals surface area contributed by atoms with Crippen LogP contribution in [0.5, 0.6) is 0 Å². The minimum atomic E-state index is -0.494. The number of hydrogen-bond donors (Lipinski definition) is 1. The van der Waals surface area contributed by atoms with Crippen molar-refractivity contribution in [2.45, 2.75) is 140 Å². The predicted octanol–water partition coefficient (Wildman–Crippen LogP) is 14.9. The summed E-state index contributed by atoms with van der Waals surface area (Å²) in [5.74, 6) is 3.77. The Bertz CT molecular complexity index is 3400. The monoisotopic (exact) mass is 1330 g/mol. The first kappa shape index (κ1) is 62.7. The van der Waals surface area contributed by atoms with Gasteiger partial charge in [0.25, 0.3) is 11.8 Å². The van der Waals surface area contributed by atoms with Gasteiger partial charge in [-0.15, -0.1) is 31.8 Å². The molecule has 4 aliphatic rings. The largest absolute Gasteiger partial charge is 0.312 e. The van der Waals surface area contributed by atoms with E-state index in [0.717, 1.165) is 167 Å². The van der Waals surface area contributed by atoms with Gasteiger partial charge in [0.2, 0.25) is 0 Å². The molecule has 2 fully saturated rings. The van der Waals surface area contributed by atoms with E-state index in [4.69, 9.17) is 4.99 Å². The zero-order valence-electron chi connectivity index (χ0n) is 47.4. The summed E-state index contributed by atoms with van der Waals surface area (Å²) in [7, 11) is 2.57. The van der Waals surface area contributed by atoms with Crippen LogP contribution in [0.1, 0.15) is 126 Å². The van der Waals surface area contributed by atoms with Crippen LogP contribution in [0.3, 0.4) is 0 Å². The number of benzene rings is 6. The molecular formula is C65H74BrClIN12O2P. The lowest BCUT2D eigenvalue weighted by molar-refractivity contribution is -0.131. The molecule has 8 aromatic rings. The Kier molecular flexibility index (Phi) is 23.4. The maximum atomic E-state index is 13.5. The van der Waals surface area contributed by atoms with Crippen molar-refractivity contribution in [3.05, 3.63) is 180 Å². The fourth-order valence-electron chi connectivity index (χ4n) is 11.2. The van der Waals surface area contributed by atoms with Crippen LogP contribution >= 0.6 is 60.2 Å². The number of hydrogen-bond acceptors (Lipinski definition) is 10. The molecule has 6 aromatic carbocycles. The number of nitrogens with zero attached hydrogens (tertiary/aromatic N) is 11. The third-order valence-electron chi connectivity index (χ3n) is 15.5. The summed E-state index contributed by atoms with van der Waals surface area (Å²) in [5, 5.41) is 28.8. The second-order valence-corrected chi connectivity index (χ2v) is 24.7. The van der Waals surface area contributed by atoms with E-state index in [1.807, 2.05) is 74.9 Å². The summed E-state index contributed by atoms with van der Waals surface area (Å²) >= 11 is 5.75. The molecule has 0 bridgehead atoms. The van der Waals surface area contributed by atoms with Gasteiger partial charge < -0.3 is 5.32 Å². The number of aliphatic imine (C=N–C) groups is 2. The maximum Gasteiger partial charge on any atom is 0.256 e. The molecule has 1 unspecified atom stereocenters. The topological polar surface area (TPSA) is 161 Å². The lowest BCUT2D eigenvalue weighted by atomic mass is 9.97. The maximum absolute atomic E-state index is 13.5. The molecule has 14 nitrogen and oxygen atoms in total. The van der Waals surface area contributed by atoms with Crippen molar-refractivity contribution in [3.8, 4) is 45.0 Å². The third kappa shape index (κ3) is 15.7. The fourth-order valence-corrected chi connectivity index (χ4v) is 11.5. The van der Waals surface area contributed by atoms with Crippen LogP contribution in [-0.2, 0) is 34.6 Å². The van der Waals surface area contributed by atoms with Crippen molar-refractivity contribution in [2.24, 2.45) is 9.98 Å². The molecular weight excluding hydrogens is 1250 g/mol. The van der Waals surface area contributed by atoms with Crippen molar-refractivity contribution in [2.75, 3.05) is 4.17 Å². The lowest BCUT2D eigenvalue weighted by Crippen LogP contribution is -2.40. The molecule has 2 aromatic heterocycles. The molecule has 1 atom stereocenters. The summed E-state index contributed by atoms with van der Waals surface area (Å²) in [6.45, 7) is 6.15. The molecule has 2 saturated carbocycles. The van der Waals surface area contributed by atoms with Crippen LogP contribution in [0, 0.1) is 0 Å². The van der Waals surface area contributed by atoms with E-state index in [9.17, 15) is 9.59 Å². The zero-order chi connectivity index (χ0) is 57.2. The molecule has 4 heterocycles. The van der Waals surface area contributed by atoms with Gasteiger partial charge in [0.05, 0.1) is 19.6 Å². The van der Waals surface area contributed by atoms with Crippen molar-refractivity contribution >= 4 is 83.7 Å². The Morgan fingerprint density at radius 1 is 0.542 bits per heavy atom. The first-order chi connectivity index (χ1) is 40.2. The number of carbonyl (C=O) groups excluding carboxylic acids is 2. The average molecular weight is 1330 g/mol. The van der Waals surface area contributed by atoms with Crippen LogP contribution in [0.2, 0.25) is 0 Å². The first-order valence-corrected chi connectivity index (χ1v) is 32.3. The number of unbranched alkanes of at least 4 members (excludes halogenated alkanes) is 2. The normalized spacial score (nSPS) is 15.3. The predicted molar refractivity (Wildman–Crippen MR) is 352 cm³/mol. The van der Waals surface area contributed by atoms with Gasteiger partial charge in [-0.3, -0.25) is 24.5 Å². The zero-order valence-corrected chi connectivity index (χ0v) is 53.1. The van der Waals surface area contributed by atoms with E-state index in [2.05, 4.69) is 200 Å². The van der Waals surface area contributed by atoms with Crippen molar-refractivity contribution in [1.82, 2.24) is 50.6 Å². The summed E-state index contributed by atoms with van der Waals surface area (Å²) in [6, 6.07) is 54.0. The third-order valence-corrected chi connectivity index (χ3v) is 16.1. The van der Waals surface area contributed by atoms with Gasteiger partial charge in [0, 0.05) is 33.5 Å². The van der Waals surface area contributed by atoms with Gasteiger partial charge in [-0.05, 0) is 104 Å². The first-order valence-electron chi connectivity index (χ1n) is 28.8. The summed E-state index contributed by atoms with van der Waals surface area (Å²) < 4.78 is 4.83. The molecule has 83 heavy (non-hydrogen) atoms. The Balaban J connectivity index is 0.000000175. The van der Waals surface area contributed by atoms with Gasteiger partial charge in [0.15, 0.2) is 11.6 Å². The number of amides is 2. The number of aromatic nitrogens is 8. The highest BCUT2D eigenvalue weighted by Gasteiger charge is 2.49. The Morgan fingerprint density at radius 2 is 0.964 bits per heavy atom. The van der Waals surface area contributed by atoms with Gasteiger partial charge in [-0.2, -0.15) is 0 Å². The van der Waals surface area contributed by atoms with Gasteiger partial charge in [-0.1, -0.05) is 249 Å². The van der Waals surface area contributed by atoms with Crippen molar-refractivity contribution in [1.29, 1.82) is 0 Å². The second-order valence-electron chi connectivity index (χ2n) is 21.2. The highest BCUT2D eigenvalue weighted by Crippen LogP contribution is 2.41. The smallest absolute Gasteiger partial charge is 0.256 e. The number of nitrogens with one attached hydrogen (secondary N) is 1. The fraction of sp³-hybridized carbons (Fsp3) is 0.354. The van der Waals surface area contributed by atoms with Crippen molar-refractivity contribution in [3.63, 3.8) is 0 Å². The van der Waals surface area contributed by atoms with Gasteiger partial charge in [-0.25, -0.2) is 9.36 Å². The number of alkyl halides is 2. The Morgan fingerprint density at radius 3 is 1.43 bits per heavy atom. The van der Waals surface area contributed by atoms with E-state index in [-0.39, 0.29) is 29.8 Å². The molecule has 2 spiro atoms. The minimum absolute atomic E-state index is 0. The van der Waals surface area contributed by atoms with E-state index >= 15 is 0 Å². The molecule has 2 aliphatic heterocycles. The lowest BCUT2D eigenvalue weighted by Gasteiger charge is -2.23. The second kappa shape index (κ2) is 31.0. The van der Waals surface area contributed by atoms with Crippen LogP contribution in [-0.4, -0.2) is 84.0 Å². The number of carbonyl (C=O) groups is 2. The quantitative estimate of drug-likeness (QED) is 0.0535. The average Bonchev–Trinajstić information content (AvgIpc) is 4.62. The highest BCUT2D eigenvalue weighted by atomic mass is 127. The van der Waals surface area contributed by atoms with Crippen LogP contribution in [0.25, 0.3) is 45.0 Å². The van der Waals surface area contributed by atoms with Crippen LogP contribution < -0.4 is 5.32 Å². The molecule has 2 amide bonds. The molecule has 18 heteroatoms. The molecule has 2 aliphatic carbocycles. The standard InChI is InChI=1S/C32H34N6O.C21H17BrN4.C11H18N2O.CH4IP.ClH/c1-2-3-15-29-33-32(20-9-10-21-32)31(39)37(29)22-25-16-18-26(19-17-25)27-13-7-8-14-28(27)30-34-35-36-38(30)23-24-11-5-4-6-12-24;22-14-16-10-12-18(13-11-16)19-8-4-5-9-20(19)21-23-24-25-26(21)15-17-6-2-1-3-7-17;1-2-3-6-9-12-10(14)11(13-9)7-4-5-8-11;2-1-3;/h4-8,11-14,16-19H,2-3,9-10,15,20-23H2,1H3;1-13H,14-15H2;2-8H2,1H3,(H,12,13,14);1,3H2;1H. The summed E-state index contributed by atoms with van der Waals surface area (Å²) in [5.41, 5.74) is 10.3. The van der Waals surface area contributed by atoms with Crippen molar-refractivity contribution < 1.29 is 9.59 Å². The number of tetrazole rings is 2. The van der Waals surface area contributed by atoms with E-state index in [1.54, 1.807) is 0 Å². The summed E-state index contributed by atoms with van der Waals surface area (Å²) in [6.07, 6.45) is 14.4. The SMILES string of the molecule is BrCc1ccc(-c2ccccc2-c2nnnn2Cc2ccccc2)cc1.CCCCC1=NC2(CCCC2)C(=O)N1.CCCCC1=NC2(CCCC2)C(=O)N1Cc1ccc(-c2ccccc2-c2nnnn2Cc2ccccc2)cc1.Cl.PCI. The van der Waals surface area contributed by atoms with E-state index in [1.165, 1.54) is 11.1 Å². The Labute approximate surface area is 519 Å². The Hall–Kier alpha value is -6.33. The summed E-state index contributed by atoms with van der Waals surface area (Å²) in [4.78, 5) is 36.9. The van der Waals surface area contributed by atoms with E-state index in [0.29, 0.717) is 19.6 Å². The molecule has 432 valence electrons. The molecule has 12 rings (SSSR count). The molecule has 0 radical (unpaired) electrons. The molecule has 0 saturated heterocycles. The van der Waals surface area contributed by atoms with E-state index < -0.39 is 5.54 Å².